The fourth-order valence-corrected chi connectivity index (χ4v) is 5.21. The number of aryl methyl sites for hydroxylation is 1. The summed E-state index contributed by atoms with van der Waals surface area (Å²) in [5.74, 6) is 0.222. The van der Waals surface area contributed by atoms with E-state index in [-0.39, 0.29) is 12.4 Å². The molecule has 2 aromatic heterocycles. The minimum atomic E-state index is -5.46. The van der Waals surface area contributed by atoms with Crippen LogP contribution in [0, 0.1) is 0 Å². The Hall–Kier alpha value is -1.24. The summed E-state index contributed by atoms with van der Waals surface area (Å²) in [5, 5.41) is 0. The first-order chi connectivity index (χ1) is 12.4. The van der Waals surface area contributed by atoms with Crippen molar-refractivity contribution < 1.29 is 46.6 Å². The highest BCUT2D eigenvalue weighted by atomic mass is 31.3. The van der Waals surface area contributed by atoms with Crippen LogP contribution in [-0.2, 0) is 33.6 Å². The van der Waals surface area contributed by atoms with Crippen molar-refractivity contribution in [3.05, 3.63) is 12.7 Å². The van der Waals surface area contributed by atoms with Crippen molar-refractivity contribution in [2.24, 2.45) is 0 Å². The van der Waals surface area contributed by atoms with Gasteiger partial charge in [0.25, 0.3) is 0 Å². The molecule has 0 saturated heterocycles. The first-order valence-electron chi connectivity index (χ1n) is 7.00. The van der Waals surface area contributed by atoms with Gasteiger partial charge in [-0.15, -0.1) is 0 Å². The fourth-order valence-electron chi connectivity index (χ4n) is 1.91. The van der Waals surface area contributed by atoms with Gasteiger partial charge >= 0.3 is 23.2 Å². The second-order valence-corrected chi connectivity index (χ2v) is 9.78. The molecule has 2 unspecified atom stereocenters. The summed E-state index contributed by atoms with van der Waals surface area (Å²) >= 11 is 0. The first-order valence-corrected chi connectivity index (χ1v) is 11.8. The zero-order chi connectivity index (χ0) is 20.3. The Morgan fingerprint density at radius 1 is 1.07 bits per heavy atom. The Morgan fingerprint density at radius 2 is 1.78 bits per heavy atom. The number of aromatic nitrogens is 4. The van der Waals surface area contributed by atoms with Crippen molar-refractivity contribution in [3.63, 3.8) is 0 Å². The molecular formula is C9H16N5O10P3. The molecule has 2 atom stereocenters. The van der Waals surface area contributed by atoms with Crippen LogP contribution in [0.15, 0.2) is 12.7 Å². The number of nitrogen functional groups attached to an aromatic ring is 1. The van der Waals surface area contributed by atoms with Crippen molar-refractivity contribution in [1.82, 2.24) is 19.5 Å². The SMILES string of the molecule is Nc1ncnc2c1ncn2CCCOCP(=O)(O)OP(=O)(O)OP(=O)(O)O. The number of fused-ring (bicyclic) bond motifs is 1. The summed E-state index contributed by atoms with van der Waals surface area (Å²) in [7, 11) is -15.7. The predicted octanol–water partition coefficient (Wildman–Crippen LogP) is 0.184. The van der Waals surface area contributed by atoms with Crippen molar-refractivity contribution in [1.29, 1.82) is 0 Å². The van der Waals surface area contributed by atoms with Gasteiger partial charge < -0.3 is 34.6 Å². The van der Waals surface area contributed by atoms with E-state index in [4.69, 9.17) is 25.2 Å². The summed E-state index contributed by atoms with van der Waals surface area (Å²) in [6.45, 7) is 0.312. The maximum Gasteiger partial charge on any atom is 0.488 e. The maximum atomic E-state index is 11.6. The molecule has 0 bridgehead atoms. The third-order valence-electron chi connectivity index (χ3n) is 2.81. The van der Waals surface area contributed by atoms with E-state index in [0.29, 0.717) is 24.1 Å². The molecular weight excluding hydrogens is 431 g/mol. The van der Waals surface area contributed by atoms with E-state index in [2.05, 4.69) is 23.6 Å². The first kappa shape index (κ1) is 22.1. The van der Waals surface area contributed by atoms with Gasteiger partial charge in [0.05, 0.1) is 6.33 Å². The molecule has 0 aliphatic heterocycles. The highest BCUT2D eigenvalue weighted by Gasteiger charge is 2.39. The number of hydrogen-bond donors (Lipinski definition) is 5. The second kappa shape index (κ2) is 8.41. The Bertz CT molecular complexity index is 944. The topological polar surface area (TPSA) is 229 Å². The smallest absolute Gasteiger partial charge is 0.382 e. The summed E-state index contributed by atoms with van der Waals surface area (Å²) in [6.07, 6.45) is 2.10. The van der Waals surface area contributed by atoms with Gasteiger partial charge in [-0.25, -0.2) is 28.4 Å². The average Bonchev–Trinajstić information content (AvgIpc) is 2.87. The molecule has 0 spiro atoms. The van der Waals surface area contributed by atoms with Gasteiger partial charge in [-0.2, -0.15) is 4.31 Å². The number of anilines is 1. The van der Waals surface area contributed by atoms with Gasteiger partial charge in [-0.1, -0.05) is 0 Å². The molecule has 2 rings (SSSR count). The molecule has 0 saturated carbocycles. The molecule has 0 amide bonds. The number of nitrogens with two attached hydrogens (primary N) is 1. The number of imidazole rings is 1. The molecule has 2 heterocycles. The van der Waals surface area contributed by atoms with Gasteiger partial charge in [-0.3, -0.25) is 4.57 Å². The number of rotatable bonds is 10. The van der Waals surface area contributed by atoms with Crippen LogP contribution in [0.5, 0.6) is 0 Å². The summed E-state index contributed by atoms with van der Waals surface area (Å²) in [5.41, 5.74) is 6.58. The van der Waals surface area contributed by atoms with Gasteiger partial charge in [0.2, 0.25) is 0 Å². The van der Waals surface area contributed by atoms with E-state index in [1.165, 1.54) is 12.7 Å². The standard InChI is InChI=1S/C9H16N5O10P3/c10-8-7-9(12-4-11-8)14(5-13-7)2-1-3-22-6-25(15,16)23-27(20,21)24-26(17,18)19/h4-5H,1-3,6H2,(H,15,16)(H,20,21)(H2,10,11,12)(H2,17,18,19). The second-order valence-electron chi connectivity index (χ2n) is 5.02. The monoisotopic (exact) mass is 447 g/mol. The van der Waals surface area contributed by atoms with E-state index in [0.717, 1.165) is 0 Å². The Kier molecular flexibility index (Phi) is 6.87. The van der Waals surface area contributed by atoms with Gasteiger partial charge in [0.1, 0.15) is 18.2 Å². The van der Waals surface area contributed by atoms with Crippen LogP contribution in [0.2, 0.25) is 0 Å². The van der Waals surface area contributed by atoms with Gasteiger partial charge in [0, 0.05) is 13.2 Å². The van der Waals surface area contributed by atoms with Crippen LogP contribution in [0.1, 0.15) is 6.42 Å². The van der Waals surface area contributed by atoms with E-state index in [1.54, 1.807) is 4.57 Å². The third-order valence-corrected chi connectivity index (χ3v) is 6.84. The largest absolute Gasteiger partial charge is 0.488 e. The lowest BCUT2D eigenvalue weighted by Gasteiger charge is -2.16. The molecule has 0 fully saturated rings. The number of phosphoric acid groups is 2. The Balaban J connectivity index is 1.80. The maximum absolute atomic E-state index is 11.6. The average molecular weight is 447 g/mol. The van der Waals surface area contributed by atoms with E-state index in [1.807, 2.05) is 0 Å². The number of hydrogen-bond acceptors (Lipinski definition) is 10. The highest BCUT2D eigenvalue weighted by molar-refractivity contribution is 7.68. The third kappa shape index (κ3) is 7.01. The molecule has 18 heteroatoms. The van der Waals surface area contributed by atoms with Crippen LogP contribution in [0.25, 0.3) is 11.2 Å². The quantitative estimate of drug-likeness (QED) is 0.242. The number of nitrogens with zero attached hydrogens (tertiary/aromatic N) is 4. The van der Waals surface area contributed by atoms with E-state index < -0.39 is 29.6 Å². The molecule has 0 aliphatic carbocycles. The summed E-state index contributed by atoms with van der Waals surface area (Å²) < 4.78 is 47.2. The van der Waals surface area contributed by atoms with Crippen LogP contribution in [0.3, 0.4) is 0 Å². The lowest BCUT2D eigenvalue weighted by atomic mass is 10.4. The molecule has 27 heavy (non-hydrogen) atoms. The molecule has 0 aromatic carbocycles. The number of ether oxygens (including phenoxy) is 1. The molecule has 2 aromatic rings. The van der Waals surface area contributed by atoms with Crippen molar-refractivity contribution >= 4 is 40.2 Å². The molecule has 0 radical (unpaired) electrons. The van der Waals surface area contributed by atoms with Crippen molar-refractivity contribution in [2.75, 3.05) is 18.7 Å². The summed E-state index contributed by atoms with van der Waals surface area (Å²) in [6, 6.07) is 0. The zero-order valence-electron chi connectivity index (χ0n) is 13.4. The van der Waals surface area contributed by atoms with E-state index in [9.17, 15) is 18.6 Å². The fraction of sp³-hybridized carbons (Fsp3) is 0.444. The minimum Gasteiger partial charge on any atom is -0.382 e. The van der Waals surface area contributed by atoms with Gasteiger partial charge in [-0.05, 0) is 6.42 Å². The van der Waals surface area contributed by atoms with Crippen molar-refractivity contribution in [3.8, 4) is 0 Å². The van der Waals surface area contributed by atoms with Crippen LogP contribution in [-0.4, -0.2) is 52.0 Å². The molecule has 6 N–H and O–H groups in total. The molecule has 0 aliphatic rings. The summed E-state index contributed by atoms with van der Waals surface area (Å²) in [4.78, 5) is 47.2. The molecule has 15 nitrogen and oxygen atoms in total. The lowest BCUT2D eigenvalue weighted by molar-refractivity contribution is 0.147. The Morgan fingerprint density at radius 3 is 2.44 bits per heavy atom. The van der Waals surface area contributed by atoms with Gasteiger partial charge in [0.15, 0.2) is 11.5 Å². The van der Waals surface area contributed by atoms with Crippen molar-refractivity contribution in [2.45, 2.75) is 13.0 Å². The normalized spacial score (nSPS) is 16.9. The highest BCUT2D eigenvalue weighted by Crippen LogP contribution is 2.65. The minimum absolute atomic E-state index is 0.0524. The van der Waals surface area contributed by atoms with Crippen LogP contribution < -0.4 is 5.73 Å². The molecule has 152 valence electrons. The Labute approximate surface area is 151 Å². The van der Waals surface area contributed by atoms with Crippen LogP contribution in [0.4, 0.5) is 5.82 Å². The predicted molar refractivity (Wildman–Crippen MR) is 89.0 cm³/mol. The lowest BCUT2D eigenvalue weighted by Crippen LogP contribution is -2.05. The van der Waals surface area contributed by atoms with E-state index >= 15 is 0 Å². The van der Waals surface area contributed by atoms with Crippen LogP contribution >= 0.6 is 23.2 Å². The zero-order valence-corrected chi connectivity index (χ0v) is 16.1.